The van der Waals surface area contributed by atoms with E-state index >= 15 is 0 Å². The molecule has 29 heavy (non-hydrogen) atoms. The molecule has 2 rings (SSSR count). The quantitative estimate of drug-likeness (QED) is 0.361. The molecule has 1 saturated heterocycles. The monoisotopic (exact) mass is 437 g/mol. The van der Waals surface area contributed by atoms with Gasteiger partial charge in [-0.25, -0.2) is 4.79 Å². The van der Waals surface area contributed by atoms with Gasteiger partial charge in [0.05, 0.1) is 5.69 Å². The van der Waals surface area contributed by atoms with Gasteiger partial charge in [-0.05, 0) is 42.3 Å². The molecular formula is C19H23N3O5S2. The van der Waals surface area contributed by atoms with Crippen molar-refractivity contribution < 1.29 is 23.7 Å². The highest BCUT2D eigenvalue weighted by atomic mass is 32.2. The molecule has 2 unspecified atom stereocenters. The number of aliphatic carboxylic acids is 1. The Labute approximate surface area is 176 Å². The molecule has 0 aromatic heterocycles. The van der Waals surface area contributed by atoms with E-state index in [0.29, 0.717) is 11.6 Å². The number of aliphatic imine (C=N–C) groups is 1. The van der Waals surface area contributed by atoms with Gasteiger partial charge in [-0.2, -0.15) is 0 Å². The third-order valence-corrected chi connectivity index (χ3v) is 5.49. The number of amides is 2. The minimum Gasteiger partial charge on any atom is -0.480 e. The highest BCUT2D eigenvalue weighted by Crippen LogP contribution is 2.23. The molecule has 0 aliphatic carbocycles. The lowest BCUT2D eigenvalue weighted by molar-refractivity contribution is -0.138. The second-order valence-electron chi connectivity index (χ2n) is 6.91. The number of carbonyl (C=O) groups is 3. The summed E-state index contributed by atoms with van der Waals surface area (Å²) >= 11 is 5.15. The Balaban J connectivity index is 2.25. The highest BCUT2D eigenvalue weighted by Gasteiger charge is 2.38. The van der Waals surface area contributed by atoms with Crippen LogP contribution in [-0.4, -0.2) is 56.5 Å². The van der Waals surface area contributed by atoms with Gasteiger partial charge in [0.1, 0.15) is 6.04 Å². The van der Waals surface area contributed by atoms with Gasteiger partial charge in [-0.3, -0.25) is 23.7 Å². The van der Waals surface area contributed by atoms with E-state index in [2.05, 4.69) is 10.3 Å². The Bertz CT molecular complexity index is 867. The van der Waals surface area contributed by atoms with E-state index in [1.54, 1.807) is 12.1 Å². The second kappa shape index (κ2) is 9.84. The topological polar surface area (TPSA) is 116 Å². The lowest BCUT2D eigenvalue weighted by Gasteiger charge is -2.31. The van der Waals surface area contributed by atoms with Crippen molar-refractivity contribution in [2.75, 3.05) is 16.9 Å². The van der Waals surface area contributed by atoms with E-state index in [1.807, 2.05) is 26.0 Å². The molecule has 156 valence electrons. The summed E-state index contributed by atoms with van der Waals surface area (Å²) < 4.78 is 11.2. The molecule has 0 spiro atoms. The van der Waals surface area contributed by atoms with E-state index in [4.69, 9.17) is 12.2 Å². The van der Waals surface area contributed by atoms with Crippen molar-refractivity contribution in [3.63, 3.8) is 0 Å². The van der Waals surface area contributed by atoms with E-state index in [0.717, 1.165) is 11.8 Å². The van der Waals surface area contributed by atoms with Crippen LogP contribution in [0.15, 0.2) is 29.3 Å². The number of carboxylic acids is 1. The molecule has 10 heteroatoms. The molecule has 3 atom stereocenters. The number of hydrogen-bond donors (Lipinski definition) is 2. The van der Waals surface area contributed by atoms with Gasteiger partial charge in [-0.1, -0.05) is 26.0 Å². The third-order valence-electron chi connectivity index (χ3n) is 4.40. The number of carboxylic acid groups (broad SMARTS) is 1. The van der Waals surface area contributed by atoms with Crippen LogP contribution in [0, 0.1) is 5.92 Å². The zero-order chi connectivity index (χ0) is 21.7. The number of hydrogen-bond acceptors (Lipinski definition) is 6. The molecule has 1 aliphatic heterocycles. The van der Waals surface area contributed by atoms with Crippen molar-refractivity contribution in [1.82, 2.24) is 5.32 Å². The van der Waals surface area contributed by atoms with Crippen LogP contribution in [0.1, 0.15) is 31.7 Å². The molecule has 2 N–H and O–H groups in total. The van der Waals surface area contributed by atoms with E-state index in [1.165, 1.54) is 11.2 Å². The zero-order valence-corrected chi connectivity index (χ0v) is 18.0. The van der Waals surface area contributed by atoms with Crippen molar-refractivity contribution in [2.24, 2.45) is 10.9 Å². The molecule has 1 fully saturated rings. The number of rotatable bonds is 8. The normalized spacial score (nSPS) is 19.5. The molecule has 0 radical (unpaired) electrons. The van der Waals surface area contributed by atoms with Crippen molar-refractivity contribution in [1.29, 1.82) is 0 Å². The fourth-order valence-electron chi connectivity index (χ4n) is 2.70. The van der Waals surface area contributed by atoms with Gasteiger partial charge < -0.3 is 10.4 Å². The molecule has 1 aliphatic rings. The van der Waals surface area contributed by atoms with Crippen molar-refractivity contribution >= 4 is 57.8 Å². The fraction of sp³-hybridized carbons (Fsp3) is 0.421. The van der Waals surface area contributed by atoms with Crippen LogP contribution in [0.3, 0.4) is 0 Å². The third kappa shape index (κ3) is 5.77. The first-order valence-electron chi connectivity index (χ1n) is 8.96. The van der Waals surface area contributed by atoms with Crippen LogP contribution < -0.4 is 10.2 Å². The summed E-state index contributed by atoms with van der Waals surface area (Å²) in [7, 11) is -1.17. The summed E-state index contributed by atoms with van der Waals surface area (Å²) in [5, 5.41) is 11.7. The molecule has 1 heterocycles. The smallest absolute Gasteiger partial charge is 0.328 e. The standard InChI is InChI=1S/C19H23N3O5S2/c1-11(2)12-4-6-13(7-5-12)22-17(24)14(16(23)21-19(22)28)10-20-15(18(25)26)8-9-29(3)27/h4-7,10-11,14-15H,8-9H2,1-3H3,(H,25,26)(H,21,23,28)/t14?,15?,29-/m0/s1. The average Bonchev–Trinajstić information content (AvgIpc) is 2.63. The highest BCUT2D eigenvalue weighted by molar-refractivity contribution is 7.84. The minimum absolute atomic E-state index is 0.0380. The maximum Gasteiger partial charge on any atom is 0.328 e. The molecule has 0 bridgehead atoms. The Morgan fingerprint density at radius 1 is 1.34 bits per heavy atom. The summed E-state index contributed by atoms with van der Waals surface area (Å²) in [5.74, 6) is -3.33. The Kier molecular flexibility index (Phi) is 7.74. The van der Waals surface area contributed by atoms with E-state index in [-0.39, 0.29) is 17.3 Å². The molecule has 0 saturated carbocycles. The minimum atomic E-state index is -1.31. The van der Waals surface area contributed by atoms with Crippen LogP contribution in [0.4, 0.5) is 5.69 Å². The van der Waals surface area contributed by atoms with Crippen molar-refractivity contribution in [3.8, 4) is 0 Å². The van der Waals surface area contributed by atoms with Crippen LogP contribution in [0.2, 0.25) is 0 Å². The Morgan fingerprint density at radius 2 is 1.97 bits per heavy atom. The lowest BCUT2D eigenvalue weighted by atomic mass is 10.0. The SMILES string of the molecule is CC(C)c1ccc(N2C(=O)C(C=NC(CC[S@](C)=O)C(=O)O)C(=O)NC2=S)cc1. The van der Waals surface area contributed by atoms with Gasteiger partial charge in [0.25, 0.3) is 5.91 Å². The molecule has 8 nitrogen and oxygen atoms in total. The van der Waals surface area contributed by atoms with Gasteiger partial charge >= 0.3 is 5.97 Å². The molecule has 2 amide bonds. The van der Waals surface area contributed by atoms with Crippen LogP contribution in [0.5, 0.6) is 0 Å². The number of anilines is 1. The first kappa shape index (κ1) is 22.8. The Hall–Kier alpha value is -2.46. The van der Waals surface area contributed by atoms with Crippen LogP contribution in [-0.2, 0) is 25.2 Å². The number of nitrogens with zero attached hydrogens (tertiary/aromatic N) is 2. The first-order chi connectivity index (χ1) is 13.6. The number of benzene rings is 1. The molecule has 1 aromatic rings. The maximum atomic E-state index is 12.9. The van der Waals surface area contributed by atoms with E-state index in [9.17, 15) is 23.7 Å². The van der Waals surface area contributed by atoms with Crippen molar-refractivity contribution in [2.45, 2.75) is 32.2 Å². The largest absolute Gasteiger partial charge is 0.480 e. The summed E-state index contributed by atoms with van der Waals surface area (Å²) in [6.07, 6.45) is 2.53. The summed E-state index contributed by atoms with van der Waals surface area (Å²) in [6, 6.07) is 6.04. The first-order valence-corrected chi connectivity index (χ1v) is 11.1. The second-order valence-corrected chi connectivity index (χ2v) is 8.85. The van der Waals surface area contributed by atoms with Crippen LogP contribution in [0.25, 0.3) is 0 Å². The molecular weight excluding hydrogens is 414 g/mol. The van der Waals surface area contributed by atoms with Gasteiger partial charge in [0, 0.05) is 29.0 Å². The summed E-state index contributed by atoms with van der Waals surface area (Å²) in [4.78, 5) is 41.6. The number of nitrogens with one attached hydrogen (secondary N) is 1. The van der Waals surface area contributed by atoms with Gasteiger partial charge in [0.2, 0.25) is 5.91 Å². The van der Waals surface area contributed by atoms with Gasteiger partial charge in [0.15, 0.2) is 11.0 Å². The average molecular weight is 438 g/mol. The summed E-state index contributed by atoms with van der Waals surface area (Å²) in [5.41, 5.74) is 1.59. The number of thiocarbonyl (C=S) groups is 1. The predicted molar refractivity (Wildman–Crippen MR) is 116 cm³/mol. The summed E-state index contributed by atoms with van der Waals surface area (Å²) in [6.45, 7) is 4.09. The van der Waals surface area contributed by atoms with Crippen LogP contribution >= 0.6 is 12.2 Å². The number of carbonyl (C=O) groups excluding carboxylic acids is 2. The van der Waals surface area contributed by atoms with E-state index < -0.39 is 40.5 Å². The lowest BCUT2D eigenvalue weighted by Crippen LogP contribution is -2.58. The van der Waals surface area contributed by atoms with Gasteiger partial charge in [-0.15, -0.1) is 0 Å². The zero-order valence-electron chi connectivity index (χ0n) is 16.3. The Morgan fingerprint density at radius 3 is 2.48 bits per heavy atom. The molecule has 1 aromatic carbocycles. The van der Waals surface area contributed by atoms with Crippen molar-refractivity contribution in [3.05, 3.63) is 29.8 Å². The fourth-order valence-corrected chi connectivity index (χ4v) is 3.56. The maximum absolute atomic E-state index is 12.9. The predicted octanol–water partition coefficient (Wildman–Crippen LogP) is 1.47.